The third-order valence-corrected chi connectivity index (χ3v) is 6.13. The molecule has 0 radical (unpaired) electrons. The molecule has 0 saturated carbocycles. The topological polar surface area (TPSA) is 97.1 Å². The maximum atomic E-state index is 13.1. The van der Waals surface area contributed by atoms with Gasteiger partial charge in [0, 0.05) is 32.2 Å². The lowest BCUT2D eigenvalue weighted by Crippen LogP contribution is -2.46. The van der Waals surface area contributed by atoms with E-state index in [1.54, 1.807) is 17.9 Å². The van der Waals surface area contributed by atoms with Crippen molar-refractivity contribution in [2.75, 3.05) is 50.8 Å². The van der Waals surface area contributed by atoms with Crippen LogP contribution in [0.15, 0.2) is 22.7 Å². The van der Waals surface area contributed by atoms with Gasteiger partial charge in [0.05, 0.1) is 37.7 Å². The molecule has 2 amide bonds. The summed E-state index contributed by atoms with van der Waals surface area (Å²) in [6.45, 7) is 6.68. The number of aromatic nitrogens is 1. The SMILES string of the molecule is Cc1cc(N2CC34C=CC(O3)C(C(=O)NCCN3CCOCC3)C4C2=O)no1. The molecule has 4 aliphatic rings. The molecule has 28 heavy (non-hydrogen) atoms. The van der Waals surface area contributed by atoms with Crippen molar-refractivity contribution < 1.29 is 23.6 Å². The summed E-state index contributed by atoms with van der Waals surface area (Å²) in [5, 5.41) is 6.97. The zero-order valence-corrected chi connectivity index (χ0v) is 15.8. The van der Waals surface area contributed by atoms with E-state index in [1.807, 2.05) is 12.2 Å². The van der Waals surface area contributed by atoms with Crippen molar-refractivity contribution >= 4 is 17.6 Å². The van der Waals surface area contributed by atoms with Gasteiger partial charge < -0.3 is 19.3 Å². The first kappa shape index (κ1) is 17.8. The lowest BCUT2D eigenvalue weighted by Gasteiger charge is -2.27. The molecule has 9 nitrogen and oxygen atoms in total. The Bertz CT molecular complexity index is 817. The predicted molar refractivity (Wildman–Crippen MR) is 97.6 cm³/mol. The summed E-state index contributed by atoms with van der Waals surface area (Å²) in [6, 6.07) is 1.73. The fourth-order valence-electron chi connectivity index (χ4n) is 4.75. The molecule has 2 bridgehead atoms. The van der Waals surface area contributed by atoms with Crippen LogP contribution < -0.4 is 10.2 Å². The second-order valence-corrected chi connectivity index (χ2v) is 7.87. The van der Waals surface area contributed by atoms with E-state index in [0.29, 0.717) is 24.7 Å². The van der Waals surface area contributed by atoms with Gasteiger partial charge in [-0.15, -0.1) is 0 Å². The Hall–Kier alpha value is -2.23. The first-order valence-corrected chi connectivity index (χ1v) is 9.77. The fourth-order valence-corrected chi connectivity index (χ4v) is 4.75. The molecule has 3 fully saturated rings. The van der Waals surface area contributed by atoms with Gasteiger partial charge in [0.25, 0.3) is 0 Å². The van der Waals surface area contributed by atoms with Crippen LogP contribution in [0.4, 0.5) is 5.82 Å². The highest BCUT2D eigenvalue weighted by Gasteiger charge is 2.67. The summed E-state index contributed by atoms with van der Waals surface area (Å²) >= 11 is 0. The molecule has 4 unspecified atom stereocenters. The lowest BCUT2D eigenvalue weighted by atomic mass is 9.77. The molecular formula is C19H24N4O5. The summed E-state index contributed by atoms with van der Waals surface area (Å²) in [5.41, 5.74) is -0.749. The van der Waals surface area contributed by atoms with Crippen LogP contribution in [0.2, 0.25) is 0 Å². The van der Waals surface area contributed by atoms with Crippen molar-refractivity contribution in [2.24, 2.45) is 11.8 Å². The summed E-state index contributed by atoms with van der Waals surface area (Å²) in [4.78, 5) is 29.9. The van der Waals surface area contributed by atoms with Crippen LogP contribution in [0.1, 0.15) is 5.76 Å². The predicted octanol–water partition coefficient (Wildman–Crippen LogP) is -0.282. The van der Waals surface area contributed by atoms with E-state index in [4.69, 9.17) is 14.0 Å². The second-order valence-electron chi connectivity index (χ2n) is 7.87. The van der Waals surface area contributed by atoms with Crippen LogP contribution in [0, 0.1) is 18.8 Å². The number of fused-ring (bicyclic) bond motifs is 1. The molecule has 9 heteroatoms. The Balaban J connectivity index is 1.27. The molecular weight excluding hydrogens is 364 g/mol. The van der Waals surface area contributed by atoms with Crippen LogP contribution in [-0.2, 0) is 19.1 Å². The van der Waals surface area contributed by atoms with E-state index in [9.17, 15) is 9.59 Å². The van der Waals surface area contributed by atoms with Gasteiger partial charge in [-0.25, -0.2) is 0 Å². The quantitative estimate of drug-likeness (QED) is 0.693. The molecule has 1 spiro atoms. The van der Waals surface area contributed by atoms with Gasteiger partial charge in [-0.1, -0.05) is 17.3 Å². The second kappa shape index (κ2) is 6.68. The van der Waals surface area contributed by atoms with Crippen LogP contribution in [0.25, 0.3) is 0 Å². The number of ether oxygens (including phenoxy) is 2. The number of amides is 2. The summed E-state index contributed by atoms with van der Waals surface area (Å²) in [5.74, 6) is -0.189. The van der Waals surface area contributed by atoms with Gasteiger partial charge in [0.1, 0.15) is 11.4 Å². The van der Waals surface area contributed by atoms with Crippen molar-refractivity contribution in [3.8, 4) is 0 Å². The van der Waals surface area contributed by atoms with Gasteiger partial charge in [-0.3, -0.25) is 19.4 Å². The Labute approximate surface area is 162 Å². The van der Waals surface area contributed by atoms with Crippen molar-refractivity contribution in [2.45, 2.75) is 18.6 Å². The van der Waals surface area contributed by atoms with Crippen LogP contribution in [0.3, 0.4) is 0 Å². The van der Waals surface area contributed by atoms with E-state index in [-0.39, 0.29) is 17.9 Å². The molecule has 1 N–H and O–H groups in total. The van der Waals surface area contributed by atoms with E-state index in [1.165, 1.54) is 0 Å². The van der Waals surface area contributed by atoms with Crippen molar-refractivity contribution in [3.05, 3.63) is 24.0 Å². The lowest BCUT2D eigenvalue weighted by molar-refractivity contribution is -0.132. The summed E-state index contributed by atoms with van der Waals surface area (Å²) in [6.07, 6.45) is 3.50. The minimum absolute atomic E-state index is 0.124. The van der Waals surface area contributed by atoms with Gasteiger partial charge in [-0.2, -0.15) is 0 Å². The minimum atomic E-state index is -0.749. The molecule has 1 aromatic heterocycles. The number of carbonyl (C=O) groups is 2. The summed E-state index contributed by atoms with van der Waals surface area (Å²) < 4.78 is 16.6. The maximum Gasteiger partial charge on any atom is 0.235 e. The molecule has 5 rings (SSSR count). The van der Waals surface area contributed by atoms with Crippen molar-refractivity contribution in [3.63, 3.8) is 0 Å². The maximum absolute atomic E-state index is 13.1. The molecule has 4 atom stereocenters. The van der Waals surface area contributed by atoms with Crippen LogP contribution >= 0.6 is 0 Å². The van der Waals surface area contributed by atoms with E-state index >= 15 is 0 Å². The number of nitrogens with zero attached hydrogens (tertiary/aromatic N) is 3. The van der Waals surface area contributed by atoms with E-state index in [0.717, 1.165) is 32.8 Å². The van der Waals surface area contributed by atoms with E-state index in [2.05, 4.69) is 15.4 Å². The molecule has 150 valence electrons. The molecule has 4 aliphatic heterocycles. The average molecular weight is 388 g/mol. The monoisotopic (exact) mass is 388 g/mol. The Morgan fingerprint density at radius 2 is 2.21 bits per heavy atom. The highest BCUT2D eigenvalue weighted by atomic mass is 16.5. The Morgan fingerprint density at radius 1 is 1.39 bits per heavy atom. The molecule has 0 aromatic carbocycles. The molecule has 3 saturated heterocycles. The number of aryl methyl sites for hydroxylation is 1. The zero-order valence-electron chi connectivity index (χ0n) is 15.8. The first-order chi connectivity index (χ1) is 13.6. The number of carbonyl (C=O) groups excluding carboxylic acids is 2. The Kier molecular flexibility index (Phi) is 4.26. The summed E-state index contributed by atoms with van der Waals surface area (Å²) in [7, 11) is 0. The number of nitrogens with one attached hydrogen (secondary N) is 1. The number of morpholine rings is 1. The standard InChI is InChI=1S/C19H24N4O5/c1-12-10-14(21-28-12)23-11-19-3-2-13(27-19)15(16(19)18(23)25)17(24)20-4-5-22-6-8-26-9-7-22/h2-3,10,13,15-16H,4-9,11H2,1H3,(H,20,24). The van der Waals surface area contributed by atoms with Gasteiger partial charge in [0.2, 0.25) is 11.8 Å². The van der Waals surface area contributed by atoms with Gasteiger partial charge in [-0.05, 0) is 6.92 Å². The first-order valence-electron chi connectivity index (χ1n) is 9.77. The third-order valence-electron chi connectivity index (χ3n) is 6.13. The largest absolute Gasteiger partial charge is 0.379 e. The Morgan fingerprint density at radius 3 is 2.96 bits per heavy atom. The van der Waals surface area contributed by atoms with Crippen molar-refractivity contribution in [1.29, 1.82) is 0 Å². The number of rotatable bonds is 5. The molecule has 1 aromatic rings. The minimum Gasteiger partial charge on any atom is -0.379 e. The van der Waals surface area contributed by atoms with Gasteiger partial charge >= 0.3 is 0 Å². The highest BCUT2D eigenvalue weighted by Crippen LogP contribution is 2.52. The van der Waals surface area contributed by atoms with Crippen molar-refractivity contribution in [1.82, 2.24) is 15.4 Å². The highest BCUT2D eigenvalue weighted by molar-refractivity contribution is 6.02. The fraction of sp³-hybridized carbons (Fsp3) is 0.632. The van der Waals surface area contributed by atoms with Crippen LogP contribution in [0.5, 0.6) is 0 Å². The average Bonchev–Trinajstić information content (AvgIpc) is 3.44. The molecule has 0 aliphatic carbocycles. The number of hydrogen-bond acceptors (Lipinski definition) is 7. The van der Waals surface area contributed by atoms with Gasteiger partial charge in [0.15, 0.2) is 5.82 Å². The smallest absolute Gasteiger partial charge is 0.235 e. The van der Waals surface area contributed by atoms with E-state index < -0.39 is 17.4 Å². The number of anilines is 1. The molecule has 5 heterocycles. The normalized spacial score (nSPS) is 34.2. The zero-order chi connectivity index (χ0) is 19.3. The van der Waals surface area contributed by atoms with Crippen LogP contribution in [-0.4, -0.2) is 79.5 Å². The number of hydrogen-bond donors (Lipinski definition) is 1. The third kappa shape index (κ3) is 2.76.